The molecule has 0 aliphatic carbocycles. The number of hydrogen-bond acceptors (Lipinski definition) is 4. The maximum absolute atomic E-state index is 8.70. The number of benzene rings is 1. The van der Waals surface area contributed by atoms with E-state index in [4.69, 9.17) is 11.0 Å². The van der Waals surface area contributed by atoms with Gasteiger partial charge in [-0.2, -0.15) is 10.4 Å². The van der Waals surface area contributed by atoms with E-state index < -0.39 is 0 Å². The highest BCUT2D eigenvalue weighted by molar-refractivity contribution is 5.57. The number of nitrogens with one attached hydrogen (secondary N) is 1. The number of nitrogens with zero attached hydrogens (tertiary/aromatic N) is 3. The standard InChI is InChI=1S/C13H15N5/c14-5-4-11-10-12(2-3-13(11)15)16-7-9-18-8-1-6-17-18/h1-3,6,8,10,16H,4,7,9,15H2. The minimum atomic E-state index is 0.334. The van der Waals surface area contributed by atoms with E-state index in [1.807, 2.05) is 35.1 Å². The molecule has 0 atom stereocenters. The van der Waals surface area contributed by atoms with Crippen LogP contribution in [-0.2, 0) is 13.0 Å². The van der Waals surface area contributed by atoms with Crippen LogP contribution in [0.15, 0.2) is 36.7 Å². The second-order valence-electron chi connectivity index (χ2n) is 3.94. The van der Waals surface area contributed by atoms with Gasteiger partial charge in [-0.15, -0.1) is 0 Å². The monoisotopic (exact) mass is 241 g/mol. The second-order valence-corrected chi connectivity index (χ2v) is 3.94. The maximum Gasteiger partial charge on any atom is 0.0670 e. The lowest BCUT2D eigenvalue weighted by molar-refractivity contribution is 0.638. The predicted octanol–water partition coefficient (Wildman–Crippen LogP) is 1.64. The molecule has 0 aliphatic rings. The summed E-state index contributed by atoms with van der Waals surface area (Å²) < 4.78 is 1.86. The molecule has 0 spiro atoms. The van der Waals surface area contributed by atoms with Crippen molar-refractivity contribution in [1.82, 2.24) is 9.78 Å². The number of aromatic nitrogens is 2. The normalized spacial score (nSPS) is 9.94. The minimum Gasteiger partial charge on any atom is -0.398 e. The smallest absolute Gasteiger partial charge is 0.0670 e. The van der Waals surface area contributed by atoms with Gasteiger partial charge in [-0.25, -0.2) is 0 Å². The van der Waals surface area contributed by atoms with Crippen LogP contribution in [0.25, 0.3) is 0 Å². The lowest BCUT2D eigenvalue weighted by Crippen LogP contribution is -2.11. The molecular weight excluding hydrogens is 226 g/mol. The van der Waals surface area contributed by atoms with Crippen LogP contribution < -0.4 is 11.1 Å². The molecule has 3 N–H and O–H groups in total. The lowest BCUT2D eigenvalue weighted by atomic mass is 10.1. The highest BCUT2D eigenvalue weighted by atomic mass is 15.3. The van der Waals surface area contributed by atoms with Gasteiger partial charge in [0.25, 0.3) is 0 Å². The average Bonchev–Trinajstić information content (AvgIpc) is 2.87. The molecule has 0 unspecified atom stereocenters. The molecule has 1 aromatic carbocycles. The largest absolute Gasteiger partial charge is 0.398 e. The Labute approximate surface area is 106 Å². The molecule has 1 aromatic heterocycles. The summed E-state index contributed by atoms with van der Waals surface area (Å²) in [5.74, 6) is 0. The van der Waals surface area contributed by atoms with E-state index in [1.165, 1.54) is 0 Å². The summed E-state index contributed by atoms with van der Waals surface area (Å²) in [6.07, 6.45) is 4.01. The van der Waals surface area contributed by atoms with Gasteiger partial charge in [0, 0.05) is 30.3 Å². The summed E-state index contributed by atoms with van der Waals surface area (Å²) in [5, 5.41) is 16.1. The van der Waals surface area contributed by atoms with Gasteiger partial charge in [-0.05, 0) is 29.8 Å². The summed E-state index contributed by atoms with van der Waals surface area (Å²) >= 11 is 0. The number of hydrogen-bond donors (Lipinski definition) is 2. The van der Waals surface area contributed by atoms with Gasteiger partial charge >= 0.3 is 0 Å². The first-order chi connectivity index (χ1) is 8.79. The Hall–Kier alpha value is -2.48. The molecule has 0 radical (unpaired) electrons. The molecule has 1 heterocycles. The number of nitrogen functional groups attached to an aromatic ring is 1. The SMILES string of the molecule is N#CCc1cc(NCCn2cccn2)ccc1N. The molecule has 0 fully saturated rings. The van der Waals surface area contributed by atoms with Crippen molar-refractivity contribution < 1.29 is 0 Å². The van der Waals surface area contributed by atoms with Crippen molar-refractivity contribution in [2.45, 2.75) is 13.0 Å². The molecule has 0 amide bonds. The van der Waals surface area contributed by atoms with Gasteiger partial charge in [-0.3, -0.25) is 4.68 Å². The topological polar surface area (TPSA) is 79.7 Å². The quantitative estimate of drug-likeness (QED) is 0.780. The van der Waals surface area contributed by atoms with Crippen LogP contribution in [0.2, 0.25) is 0 Å². The van der Waals surface area contributed by atoms with Gasteiger partial charge in [0.15, 0.2) is 0 Å². The van der Waals surface area contributed by atoms with Crippen molar-refractivity contribution in [3.05, 3.63) is 42.2 Å². The zero-order chi connectivity index (χ0) is 12.8. The summed E-state index contributed by atoms with van der Waals surface area (Å²) in [6, 6.07) is 9.66. The number of nitrogens with two attached hydrogens (primary N) is 1. The number of rotatable bonds is 5. The molecule has 0 saturated carbocycles. The van der Waals surface area contributed by atoms with E-state index in [0.29, 0.717) is 12.1 Å². The van der Waals surface area contributed by atoms with E-state index in [2.05, 4.69) is 16.5 Å². The molecule has 5 heteroatoms. The number of anilines is 2. The fourth-order valence-electron chi connectivity index (χ4n) is 1.70. The van der Waals surface area contributed by atoms with Crippen molar-refractivity contribution in [1.29, 1.82) is 5.26 Å². The van der Waals surface area contributed by atoms with Crippen LogP contribution in [0.5, 0.6) is 0 Å². The van der Waals surface area contributed by atoms with Gasteiger partial charge < -0.3 is 11.1 Å². The Kier molecular flexibility index (Phi) is 3.82. The van der Waals surface area contributed by atoms with E-state index in [-0.39, 0.29) is 0 Å². The van der Waals surface area contributed by atoms with Crippen molar-refractivity contribution >= 4 is 11.4 Å². The first kappa shape index (κ1) is 12.0. The molecule has 2 aromatic rings. The maximum atomic E-state index is 8.70. The Morgan fingerprint density at radius 3 is 3.06 bits per heavy atom. The van der Waals surface area contributed by atoms with E-state index in [9.17, 15) is 0 Å². The molecule has 18 heavy (non-hydrogen) atoms. The minimum absolute atomic E-state index is 0.334. The summed E-state index contributed by atoms with van der Waals surface area (Å²) in [4.78, 5) is 0. The summed E-state index contributed by atoms with van der Waals surface area (Å²) in [6.45, 7) is 1.57. The highest BCUT2D eigenvalue weighted by Crippen LogP contribution is 2.18. The molecule has 2 rings (SSSR count). The van der Waals surface area contributed by atoms with Crippen LogP contribution in [0.3, 0.4) is 0 Å². The van der Waals surface area contributed by atoms with Crippen molar-refractivity contribution in [3.63, 3.8) is 0 Å². The molecular formula is C13H15N5. The van der Waals surface area contributed by atoms with Gasteiger partial charge in [0.1, 0.15) is 0 Å². The first-order valence-corrected chi connectivity index (χ1v) is 5.76. The average molecular weight is 241 g/mol. The van der Waals surface area contributed by atoms with Gasteiger partial charge in [0.2, 0.25) is 0 Å². The fourth-order valence-corrected chi connectivity index (χ4v) is 1.70. The lowest BCUT2D eigenvalue weighted by Gasteiger charge is -2.09. The zero-order valence-corrected chi connectivity index (χ0v) is 10.0. The van der Waals surface area contributed by atoms with E-state index in [1.54, 1.807) is 6.20 Å². The van der Waals surface area contributed by atoms with Gasteiger partial charge in [0.05, 0.1) is 19.0 Å². The van der Waals surface area contributed by atoms with Crippen LogP contribution in [0, 0.1) is 11.3 Å². The fraction of sp³-hybridized carbons (Fsp3) is 0.231. The third-order valence-electron chi connectivity index (χ3n) is 2.64. The van der Waals surface area contributed by atoms with Crippen LogP contribution in [0.1, 0.15) is 5.56 Å². The molecule has 92 valence electrons. The van der Waals surface area contributed by atoms with Crippen molar-refractivity contribution in [2.24, 2.45) is 0 Å². The molecule has 0 saturated heterocycles. The molecule has 0 bridgehead atoms. The molecule has 5 nitrogen and oxygen atoms in total. The van der Waals surface area contributed by atoms with Crippen molar-refractivity contribution in [2.75, 3.05) is 17.6 Å². The van der Waals surface area contributed by atoms with Crippen LogP contribution in [-0.4, -0.2) is 16.3 Å². The predicted molar refractivity (Wildman–Crippen MR) is 70.9 cm³/mol. The van der Waals surface area contributed by atoms with Crippen molar-refractivity contribution in [3.8, 4) is 6.07 Å². The summed E-state index contributed by atoms with van der Waals surface area (Å²) in [5.41, 5.74) is 8.29. The second kappa shape index (κ2) is 5.73. The third kappa shape index (κ3) is 3.01. The van der Waals surface area contributed by atoms with E-state index in [0.717, 1.165) is 24.3 Å². The molecule has 0 aliphatic heterocycles. The number of nitriles is 1. The Balaban J connectivity index is 1.93. The highest BCUT2D eigenvalue weighted by Gasteiger charge is 2.00. The first-order valence-electron chi connectivity index (χ1n) is 5.76. The van der Waals surface area contributed by atoms with Gasteiger partial charge in [-0.1, -0.05) is 0 Å². The van der Waals surface area contributed by atoms with E-state index >= 15 is 0 Å². The Bertz CT molecular complexity index is 539. The van der Waals surface area contributed by atoms with Crippen LogP contribution >= 0.6 is 0 Å². The zero-order valence-electron chi connectivity index (χ0n) is 10.0. The Morgan fingerprint density at radius 1 is 1.44 bits per heavy atom. The Morgan fingerprint density at radius 2 is 2.33 bits per heavy atom. The van der Waals surface area contributed by atoms with Crippen LogP contribution in [0.4, 0.5) is 11.4 Å². The summed E-state index contributed by atoms with van der Waals surface area (Å²) in [7, 11) is 0. The third-order valence-corrected chi connectivity index (χ3v) is 2.64.